The van der Waals surface area contributed by atoms with Crippen LogP contribution in [0, 0.1) is 0 Å². The van der Waals surface area contributed by atoms with Gasteiger partial charge in [0, 0.05) is 11.9 Å². The maximum atomic E-state index is 12.6. The molecule has 2 N–H and O–H groups in total. The number of amides is 2. The van der Waals surface area contributed by atoms with Gasteiger partial charge in [0.1, 0.15) is 5.82 Å². The van der Waals surface area contributed by atoms with Gasteiger partial charge in [0.15, 0.2) is 0 Å². The average molecular weight is 401 g/mol. The molecule has 8 heteroatoms. The van der Waals surface area contributed by atoms with Gasteiger partial charge in [0.25, 0.3) is 5.91 Å². The van der Waals surface area contributed by atoms with Crippen LogP contribution in [-0.4, -0.2) is 23.3 Å². The molecule has 0 aliphatic carbocycles. The number of alkyl halides is 3. The number of hydrogen-bond acceptors (Lipinski definition) is 3. The van der Waals surface area contributed by atoms with Gasteiger partial charge in [-0.05, 0) is 36.8 Å². The van der Waals surface area contributed by atoms with Crippen molar-refractivity contribution in [1.82, 2.24) is 10.3 Å². The van der Waals surface area contributed by atoms with E-state index in [0.29, 0.717) is 28.6 Å². The molecule has 0 spiro atoms. The molecule has 0 saturated carbocycles. The van der Waals surface area contributed by atoms with Crippen molar-refractivity contribution in [2.75, 3.05) is 11.9 Å². The molecule has 1 heterocycles. The smallest absolute Gasteiger partial charge is 0.352 e. The van der Waals surface area contributed by atoms with Gasteiger partial charge in [0.2, 0.25) is 5.91 Å². The second kappa shape index (κ2) is 8.30. The zero-order valence-electron chi connectivity index (χ0n) is 15.5. The van der Waals surface area contributed by atoms with Crippen LogP contribution in [0.15, 0.2) is 54.6 Å². The molecule has 0 bridgehead atoms. The van der Waals surface area contributed by atoms with Crippen LogP contribution in [0.3, 0.4) is 0 Å². The Bertz CT molecular complexity index is 1050. The third-order valence-corrected chi connectivity index (χ3v) is 4.21. The minimum atomic E-state index is -4.43. The molecule has 0 atom stereocenters. The zero-order valence-corrected chi connectivity index (χ0v) is 15.5. The van der Waals surface area contributed by atoms with E-state index in [9.17, 15) is 22.8 Å². The van der Waals surface area contributed by atoms with Crippen molar-refractivity contribution in [3.05, 3.63) is 71.3 Å². The molecule has 5 nitrogen and oxygen atoms in total. The number of carbonyl (C=O) groups is 2. The highest BCUT2D eigenvalue weighted by Gasteiger charge is 2.30. The lowest BCUT2D eigenvalue weighted by molar-refractivity contribution is -0.137. The number of nitrogens with one attached hydrogen (secondary N) is 2. The van der Waals surface area contributed by atoms with Crippen LogP contribution in [-0.2, 0) is 17.4 Å². The molecule has 0 unspecified atom stereocenters. The number of aromatic nitrogens is 1. The van der Waals surface area contributed by atoms with Crippen molar-refractivity contribution in [2.24, 2.45) is 0 Å². The number of pyridine rings is 1. The summed E-state index contributed by atoms with van der Waals surface area (Å²) in [4.78, 5) is 29.0. The first kappa shape index (κ1) is 20.3. The van der Waals surface area contributed by atoms with Gasteiger partial charge in [-0.1, -0.05) is 30.3 Å². The molecule has 3 aromatic rings. The fraction of sp³-hybridized carbons (Fsp3) is 0.190. The summed E-state index contributed by atoms with van der Waals surface area (Å²) in [5.74, 6) is -0.541. The van der Waals surface area contributed by atoms with E-state index in [1.54, 1.807) is 31.2 Å². The molecule has 3 rings (SSSR count). The molecule has 2 amide bonds. The Labute approximate surface area is 164 Å². The summed E-state index contributed by atoms with van der Waals surface area (Å²) in [5.41, 5.74) is 0.577. The Balaban J connectivity index is 1.80. The second-order valence-corrected chi connectivity index (χ2v) is 6.35. The molecule has 2 aromatic carbocycles. The van der Waals surface area contributed by atoms with E-state index < -0.39 is 17.6 Å². The Morgan fingerprint density at radius 1 is 1.03 bits per heavy atom. The standard InChI is InChI=1S/C21H18F3N3O2/c1-2-25-20(29)16-12-18(26-17-6-4-3-5-15(16)17)27-19(28)11-13-7-9-14(10-8-13)21(22,23)24/h3-10,12H,2,11H2,1H3,(H,25,29)(H,26,27,28). The maximum absolute atomic E-state index is 12.6. The first-order chi connectivity index (χ1) is 13.8. The number of benzene rings is 2. The largest absolute Gasteiger partial charge is 0.416 e. The Morgan fingerprint density at radius 3 is 2.38 bits per heavy atom. The van der Waals surface area contributed by atoms with Gasteiger partial charge >= 0.3 is 6.18 Å². The summed E-state index contributed by atoms with van der Waals surface area (Å²) in [6.07, 6.45) is -4.55. The van der Waals surface area contributed by atoms with E-state index in [4.69, 9.17) is 0 Å². The molecule has 1 aromatic heterocycles. The monoisotopic (exact) mass is 401 g/mol. The lowest BCUT2D eigenvalue weighted by atomic mass is 10.1. The summed E-state index contributed by atoms with van der Waals surface area (Å²) < 4.78 is 37.9. The minimum Gasteiger partial charge on any atom is -0.352 e. The molecule has 0 radical (unpaired) electrons. The van der Waals surface area contributed by atoms with Gasteiger partial charge in [-0.2, -0.15) is 13.2 Å². The number of rotatable bonds is 5. The number of nitrogens with zero attached hydrogens (tertiary/aromatic N) is 1. The van der Waals surface area contributed by atoms with Crippen molar-refractivity contribution in [2.45, 2.75) is 19.5 Å². The van der Waals surface area contributed by atoms with E-state index >= 15 is 0 Å². The highest BCUT2D eigenvalue weighted by molar-refractivity contribution is 6.07. The number of fused-ring (bicyclic) bond motifs is 1. The van der Waals surface area contributed by atoms with Gasteiger partial charge in [-0.3, -0.25) is 9.59 Å². The van der Waals surface area contributed by atoms with Crippen LogP contribution >= 0.6 is 0 Å². The Morgan fingerprint density at radius 2 is 1.72 bits per heavy atom. The highest BCUT2D eigenvalue weighted by Crippen LogP contribution is 2.29. The van der Waals surface area contributed by atoms with Crippen LogP contribution in [0.2, 0.25) is 0 Å². The summed E-state index contributed by atoms with van der Waals surface area (Å²) in [5, 5.41) is 5.98. The number of hydrogen-bond donors (Lipinski definition) is 2. The lowest BCUT2D eigenvalue weighted by Gasteiger charge is -2.11. The van der Waals surface area contributed by atoms with Crippen molar-refractivity contribution in [1.29, 1.82) is 0 Å². The third kappa shape index (κ3) is 4.90. The minimum absolute atomic E-state index is 0.122. The second-order valence-electron chi connectivity index (χ2n) is 6.35. The predicted octanol–water partition coefficient (Wildman–Crippen LogP) is 4.18. The topological polar surface area (TPSA) is 71.1 Å². The van der Waals surface area contributed by atoms with E-state index in [1.807, 2.05) is 0 Å². The van der Waals surface area contributed by atoms with Crippen molar-refractivity contribution >= 4 is 28.5 Å². The Hall–Kier alpha value is -3.42. The molecule has 0 aliphatic heterocycles. The van der Waals surface area contributed by atoms with Gasteiger partial charge < -0.3 is 10.6 Å². The fourth-order valence-electron chi connectivity index (χ4n) is 2.87. The fourth-order valence-corrected chi connectivity index (χ4v) is 2.87. The molecule has 0 saturated heterocycles. The maximum Gasteiger partial charge on any atom is 0.416 e. The average Bonchev–Trinajstić information content (AvgIpc) is 2.67. The number of anilines is 1. The van der Waals surface area contributed by atoms with E-state index in [1.165, 1.54) is 18.2 Å². The van der Waals surface area contributed by atoms with Crippen LogP contribution in [0.1, 0.15) is 28.4 Å². The third-order valence-electron chi connectivity index (χ3n) is 4.21. The van der Waals surface area contributed by atoms with E-state index in [-0.39, 0.29) is 18.1 Å². The number of halogens is 3. The van der Waals surface area contributed by atoms with Crippen LogP contribution in [0.5, 0.6) is 0 Å². The first-order valence-electron chi connectivity index (χ1n) is 8.92. The number of para-hydroxylation sites is 1. The molecule has 29 heavy (non-hydrogen) atoms. The quantitative estimate of drug-likeness (QED) is 0.674. The van der Waals surface area contributed by atoms with Crippen LogP contribution in [0.25, 0.3) is 10.9 Å². The zero-order chi connectivity index (χ0) is 21.0. The molecule has 150 valence electrons. The summed E-state index contributed by atoms with van der Waals surface area (Å²) in [6.45, 7) is 2.25. The normalized spacial score (nSPS) is 11.3. The van der Waals surface area contributed by atoms with Crippen molar-refractivity contribution < 1.29 is 22.8 Å². The summed E-state index contributed by atoms with van der Waals surface area (Å²) >= 11 is 0. The van der Waals surface area contributed by atoms with E-state index in [2.05, 4.69) is 15.6 Å². The molecule has 0 aliphatic rings. The van der Waals surface area contributed by atoms with Crippen molar-refractivity contribution in [3.63, 3.8) is 0 Å². The van der Waals surface area contributed by atoms with E-state index in [0.717, 1.165) is 12.1 Å². The van der Waals surface area contributed by atoms with Crippen LogP contribution < -0.4 is 10.6 Å². The van der Waals surface area contributed by atoms with Crippen molar-refractivity contribution in [3.8, 4) is 0 Å². The first-order valence-corrected chi connectivity index (χ1v) is 8.92. The molecular weight excluding hydrogens is 383 g/mol. The van der Waals surface area contributed by atoms with Gasteiger partial charge in [0.05, 0.1) is 23.1 Å². The lowest BCUT2D eigenvalue weighted by Crippen LogP contribution is -2.23. The number of carbonyl (C=O) groups excluding carboxylic acids is 2. The summed E-state index contributed by atoms with van der Waals surface area (Å²) in [6, 6.07) is 12.9. The summed E-state index contributed by atoms with van der Waals surface area (Å²) in [7, 11) is 0. The highest BCUT2D eigenvalue weighted by atomic mass is 19.4. The SMILES string of the molecule is CCNC(=O)c1cc(NC(=O)Cc2ccc(C(F)(F)F)cc2)nc2ccccc12. The van der Waals surface area contributed by atoms with Gasteiger partial charge in [-0.25, -0.2) is 4.98 Å². The molecule has 0 fully saturated rings. The van der Waals surface area contributed by atoms with Crippen LogP contribution in [0.4, 0.5) is 19.0 Å². The Kier molecular flexibility index (Phi) is 5.81. The van der Waals surface area contributed by atoms with Gasteiger partial charge in [-0.15, -0.1) is 0 Å². The molecular formula is C21H18F3N3O2. The predicted molar refractivity (Wildman–Crippen MR) is 104 cm³/mol.